The molecule has 2 rings (SSSR count). The van der Waals surface area contributed by atoms with Gasteiger partial charge in [0.15, 0.2) is 11.5 Å². The molecule has 23 heavy (non-hydrogen) atoms. The molecule has 5 nitrogen and oxygen atoms in total. The van der Waals surface area contributed by atoms with Crippen molar-refractivity contribution in [1.29, 1.82) is 0 Å². The summed E-state index contributed by atoms with van der Waals surface area (Å²) in [6, 6.07) is 3.65. The highest BCUT2D eigenvalue weighted by atomic mass is 79.9. The number of benzene rings is 1. The number of carbonyl (C=O) groups is 1. The molecule has 1 aliphatic heterocycles. The number of piperidine rings is 1. The van der Waals surface area contributed by atoms with E-state index in [9.17, 15) is 4.79 Å². The van der Waals surface area contributed by atoms with Gasteiger partial charge in [0, 0.05) is 24.7 Å². The van der Waals surface area contributed by atoms with Gasteiger partial charge in [-0.05, 0) is 54.2 Å². The molecule has 1 aliphatic rings. The van der Waals surface area contributed by atoms with Crippen LogP contribution >= 0.6 is 28.3 Å². The van der Waals surface area contributed by atoms with E-state index in [-0.39, 0.29) is 24.4 Å². The zero-order chi connectivity index (χ0) is 16.1. The van der Waals surface area contributed by atoms with Gasteiger partial charge in [-0.3, -0.25) is 4.79 Å². The van der Waals surface area contributed by atoms with E-state index in [1.54, 1.807) is 19.2 Å². The predicted octanol–water partition coefficient (Wildman–Crippen LogP) is 3.23. The average molecular weight is 408 g/mol. The van der Waals surface area contributed by atoms with Crippen LogP contribution in [0.2, 0.25) is 0 Å². The quantitative estimate of drug-likeness (QED) is 0.814. The van der Waals surface area contributed by atoms with Crippen LogP contribution in [-0.4, -0.2) is 43.7 Å². The highest BCUT2D eigenvalue weighted by Gasteiger charge is 2.27. The number of halogens is 2. The first kappa shape index (κ1) is 20.1. The minimum atomic E-state index is -0.00259. The number of nitrogens with two attached hydrogens (primary N) is 1. The molecular formula is C16H24BrClN2O3. The second kappa shape index (κ2) is 9.35. The van der Waals surface area contributed by atoms with Gasteiger partial charge in [0.05, 0.1) is 18.2 Å². The molecule has 1 heterocycles. The second-order valence-electron chi connectivity index (χ2n) is 5.31. The summed E-state index contributed by atoms with van der Waals surface area (Å²) in [7, 11) is 1.57. The molecular weight excluding hydrogens is 384 g/mol. The molecule has 1 atom stereocenters. The Morgan fingerprint density at radius 1 is 1.43 bits per heavy atom. The number of hydrogen-bond acceptors (Lipinski definition) is 4. The Bertz CT molecular complexity index is 542. The van der Waals surface area contributed by atoms with E-state index < -0.39 is 0 Å². The highest BCUT2D eigenvalue weighted by molar-refractivity contribution is 9.10. The first-order chi connectivity index (χ1) is 10.6. The zero-order valence-electron chi connectivity index (χ0n) is 13.5. The zero-order valence-corrected chi connectivity index (χ0v) is 15.9. The van der Waals surface area contributed by atoms with Crippen molar-refractivity contribution in [3.8, 4) is 11.5 Å². The number of carbonyl (C=O) groups excluding carboxylic acids is 1. The second-order valence-corrected chi connectivity index (χ2v) is 6.16. The van der Waals surface area contributed by atoms with Crippen LogP contribution in [0.25, 0.3) is 0 Å². The standard InChI is InChI=1S/C16H23BrN2O3.ClH/c1-3-22-15-13(17)8-11(9-14(15)21-2)16(20)19-7-5-4-6-12(19)10-18;/h8-9,12H,3-7,10,18H2,1-2H3;1H. The smallest absolute Gasteiger partial charge is 0.254 e. The number of amides is 1. The highest BCUT2D eigenvalue weighted by Crippen LogP contribution is 2.37. The van der Waals surface area contributed by atoms with Crippen LogP contribution in [0, 0.1) is 0 Å². The van der Waals surface area contributed by atoms with E-state index in [2.05, 4.69) is 15.9 Å². The maximum atomic E-state index is 12.8. The predicted molar refractivity (Wildman–Crippen MR) is 96.8 cm³/mol. The first-order valence-electron chi connectivity index (χ1n) is 7.63. The van der Waals surface area contributed by atoms with Crippen molar-refractivity contribution in [2.24, 2.45) is 5.73 Å². The van der Waals surface area contributed by atoms with Crippen molar-refractivity contribution in [3.63, 3.8) is 0 Å². The number of hydrogen-bond donors (Lipinski definition) is 1. The summed E-state index contributed by atoms with van der Waals surface area (Å²) in [5.74, 6) is 1.17. The first-order valence-corrected chi connectivity index (χ1v) is 8.43. The SMILES string of the molecule is CCOc1c(Br)cc(C(=O)N2CCCCC2CN)cc1OC.Cl. The van der Waals surface area contributed by atoms with Gasteiger partial charge < -0.3 is 20.1 Å². The minimum absolute atomic E-state index is 0. The third kappa shape index (κ3) is 4.52. The van der Waals surface area contributed by atoms with Gasteiger partial charge in [-0.25, -0.2) is 0 Å². The van der Waals surface area contributed by atoms with Crippen molar-refractivity contribution in [3.05, 3.63) is 22.2 Å². The summed E-state index contributed by atoms with van der Waals surface area (Å²) in [6.07, 6.45) is 3.12. The summed E-state index contributed by atoms with van der Waals surface area (Å²) < 4.78 is 11.6. The molecule has 1 aromatic carbocycles. The van der Waals surface area contributed by atoms with Gasteiger partial charge in [0.1, 0.15) is 0 Å². The lowest BCUT2D eigenvalue weighted by molar-refractivity contribution is 0.0623. The molecule has 0 radical (unpaired) electrons. The fraction of sp³-hybridized carbons (Fsp3) is 0.562. The van der Waals surface area contributed by atoms with E-state index in [0.29, 0.717) is 30.2 Å². The average Bonchev–Trinajstić information content (AvgIpc) is 2.55. The fourth-order valence-electron chi connectivity index (χ4n) is 2.81. The van der Waals surface area contributed by atoms with Gasteiger partial charge in [-0.15, -0.1) is 12.4 Å². The maximum absolute atomic E-state index is 12.8. The van der Waals surface area contributed by atoms with E-state index in [1.807, 2.05) is 11.8 Å². The number of ether oxygens (including phenoxy) is 2. The Balaban J connectivity index is 0.00000264. The number of methoxy groups -OCH3 is 1. The summed E-state index contributed by atoms with van der Waals surface area (Å²) in [6.45, 7) is 3.70. The molecule has 0 saturated carbocycles. The third-order valence-electron chi connectivity index (χ3n) is 3.93. The Morgan fingerprint density at radius 3 is 2.78 bits per heavy atom. The Labute approximate surface area is 152 Å². The van der Waals surface area contributed by atoms with Crippen LogP contribution in [-0.2, 0) is 0 Å². The molecule has 1 fully saturated rings. The maximum Gasteiger partial charge on any atom is 0.254 e. The molecule has 1 saturated heterocycles. The van der Waals surface area contributed by atoms with Crippen LogP contribution < -0.4 is 15.2 Å². The lowest BCUT2D eigenvalue weighted by atomic mass is 10.0. The minimum Gasteiger partial charge on any atom is -0.493 e. The van der Waals surface area contributed by atoms with Crippen LogP contribution in [0.3, 0.4) is 0 Å². The topological polar surface area (TPSA) is 64.8 Å². The lowest BCUT2D eigenvalue weighted by Crippen LogP contribution is -2.47. The molecule has 0 spiro atoms. The van der Waals surface area contributed by atoms with Crippen LogP contribution in [0.4, 0.5) is 0 Å². The summed E-state index contributed by atoms with van der Waals surface area (Å²) in [5.41, 5.74) is 6.40. The van der Waals surface area contributed by atoms with Crippen molar-refractivity contribution < 1.29 is 14.3 Å². The Hall–Kier alpha value is -0.980. The normalized spacial score (nSPS) is 17.4. The van der Waals surface area contributed by atoms with Gasteiger partial charge in [-0.2, -0.15) is 0 Å². The molecule has 0 aromatic heterocycles. The molecule has 0 aliphatic carbocycles. The van der Waals surface area contributed by atoms with Crippen molar-refractivity contribution >= 4 is 34.2 Å². The van der Waals surface area contributed by atoms with Gasteiger partial charge in [-0.1, -0.05) is 0 Å². The van der Waals surface area contributed by atoms with E-state index in [1.165, 1.54) is 0 Å². The number of nitrogens with zero attached hydrogens (tertiary/aromatic N) is 1. The van der Waals surface area contributed by atoms with E-state index in [4.69, 9.17) is 15.2 Å². The van der Waals surface area contributed by atoms with Gasteiger partial charge in [0.25, 0.3) is 5.91 Å². The van der Waals surface area contributed by atoms with Gasteiger partial charge in [0.2, 0.25) is 0 Å². The fourth-order valence-corrected chi connectivity index (χ4v) is 3.36. The van der Waals surface area contributed by atoms with Crippen molar-refractivity contribution in [1.82, 2.24) is 4.90 Å². The molecule has 1 amide bonds. The monoisotopic (exact) mass is 406 g/mol. The Kier molecular flexibility index (Phi) is 8.16. The largest absolute Gasteiger partial charge is 0.493 e. The molecule has 7 heteroatoms. The Morgan fingerprint density at radius 2 is 2.17 bits per heavy atom. The molecule has 130 valence electrons. The summed E-state index contributed by atoms with van der Waals surface area (Å²) in [4.78, 5) is 14.7. The molecule has 1 aromatic rings. The molecule has 0 bridgehead atoms. The molecule has 1 unspecified atom stereocenters. The van der Waals surface area contributed by atoms with Crippen molar-refractivity contribution in [2.45, 2.75) is 32.2 Å². The van der Waals surface area contributed by atoms with E-state index in [0.717, 1.165) is 30.3 Å². The summed E-state index contributed by atoms with van der Waals surface area (Å²) >= 11 is 3.46. The number of likely N-dealkylation sites (tertiary alicyclic amines) is 1. The number of rotatable bonds is 5. The van der Waals surface area contributed by atoms with Crippen molar-refractivity contribution in [2.75, 3.05) is 26.8 Å². The van der Waals surface area contributed by atoms with Crippen LogP contribution in [0.5, 0.6) is 11.5 Å². The van der Waals surface area contributed by atoms with Crippen LogP contribution in [0.1, 0.15) is 36.5 Å². The third-order valence-corrected chi connectivity index (χ3v) is 4.51. The lowest BCUT2D eigenvalue weighted by Gasteiger charge is -2.35. The van der Waals surface area contributed by atoms with Gasteiger partial charge >= 0.3 is 0 Å². The van der Waals surface area contributed by atoms with Crippen LogP contribution in [0.15, 0.2) is 16.6 Å². The molecule has 2 N–H and O–H groups in total. The summed E-state index contributed by atoms with van der Waals surface area (Å²) in [5, 5.41) is 0. The van der Waals surface area contributed by atoms with E-state index >= 15 is 0 Å².